The van der Waals surface area contributed by atoms with E-state index in [1.54, 1.807) is 23.9 Å². The van der Waals surface area contributed by atoms with Gasteiger partial charge in [0.15, 0.2) is 0 Å². The van der Waals surface area contributed by atoms with Gasteiger partial charge < -0.3 is 10.2 Å². The van der Waals surface area contributed by atoms with Crippen LogP contribution in [0.25, 0.3) is 0 Å². The van der Waals surface area contributed by atoms with E-state index in [1.807, 2.05) is 4.90 Å². The van der Waals surface area contributed by atoms with Crippen molar-refractivity contribution in [2.24, 2.45) is 0 Å². The number of likely N-dealkylation sites (tertiary alicyclic amines) is 1. The lowest BCUT2D eigenvalue weighted by Crippen LogP contribution is -2.52. The fourth-order valence-electron chi connectivity index (χ4n) is 3.42. The van der Waals surface area contributed by atoms with Crippen molar-refractivity contribution in [3.63, 3.8) is 0 Å². The minimum Gasteiger partial charge on any atom is -0.351 e. The number of halogens is 1. The third-order valence-electron chi connectivity index (χ3n) is 4.95. The van der Waals surface area contributed by atoms with Crippen LogP contribution in [0.4, 0.5) is 4.39 Å². The summed E-state index contributed by atoms with van der Waals surface area (Å²) in [5.41, 5.74) is 1.02. The fourth-order valence-corrected chi connectivity index (χ4v) is 4.31. The Kier molecular flexibility index (Phi) is 5.43. The van der Waals surface area contributed by atoms with Gasteiger partial charge in [-0.1, -0.05) is 12.1 Å². The van der Waals surface area contributed by atoms with Gasteiger partial charge in [0.05, 0.1) is 0 Å². The second-order valence-electron chi connectivity index (χ2n) is 6.64. The van der Waals surface area contributed by atoms with Gasteiger partial charge >= 0.3 is 0 Å². The molecule has 0 radical (unpaired) electrons. The molecule has 2 amide bonds. The van der Waals surface area contributed by atoms with Gasteiger partial charge in [0, 0.05) is 43.0 Å². The molecule has 130 valence electrons. The van der Waals surface area contributed by atoms with E-state index in [2.05, 4.69) is 5.32 Å². The number of carbonyl (C=O) groups excluding carboxylic acids is 2. The second kappa shape index (κ2) is 7.55. The molecule has 3 rings (SSSR count). The quantitative estimate of drug-likeness (QED) is 0.831. The van der Waals surface area contributed by atoms with Crippen molar-refractivity contribution >= 4 is 23.6 Å². The summed E-state index contributed by atoms with van der Waals surface area (Å²) in [6.45, 7) is 1.48. The summed E-state index contributed by atoms with van der Waals surface area (Å²) in [6, 6.07) is 6.49. The van der Waals surface area contributed by atoms with Crippen LogP contribution in [0.5, 0.6) is 0 Å². The summed E-state index contributed by atoms with van der Waals surface area (Å²) >= 11 is 1.70. The minimum atomic E-state index is -0.222. The number of benzene rings is 1. The minimum absolute atomic E-state index is 0.0504. The van der Waals surface area contributed by atoms with E-state index >= 15 is 0 Å². The highest BCUT2D eigenvalue weighted by Crippen LogP contribution is 2.31. The molecule has 0 bridgehead atoms. The average Bonchev–Trinajstić information content (AvgIpc) is 2.94. The number of rotatable bonds is 5. The lowest BCUT2D eigenvalue weighted by molar-refractivity contribution is -0.132. The Bertz CT molecular complexity index is 598. The Hall–Kier alpha value is -1.56. The number of nitrogens with zero attached hydrogens (tertiary/aromatic N) is 1. The molecule has 0 unspecified atom stereocenters. The molecule has 0 atom stereocenters. The van der Waals surface area contributed by atoms with E-state index in [-0.39, 0.29) is 23.2 Å². The summed E-state index contributed by atoms with van der Waals surface area (Å²) in [7, 11) is 0. The Labute approximate surface area is 146 Å². The summed E-state index contributed by atoms with van der Waals surface area (Å²) < 4.78 is 12.8. The SMILES string of the molecule is O=C1CCC2(CCN(C(=O)CCSCc3ccc(F)cc3)CC2)N1. The van der Waals surface area contributed by atoms with E-state index in [1.165, 1.54) is 12.1 Å². The maximum Gasteiger partial charge on any atom is 0.223 e. The van der Waals surface area contributed by atoms with Crippen molar-refractivity contribution < 1.29 is 14.0 Å². The number of hydrogen-bond acceptors (Lipinski definition) is 3. The van der Waals surface area contributed by atoms with Gasteiger partial charge in [-0.15, -0.1) is 0 Å². The van der Waals surface area contributed by atoms with Crippen molar-refractivity contribution in [1.82, 2.24) is 10.2 Å². The molecule has 2 heterocycles. The highest BCUT2D eigenvalue weighted by molar-refractivity contribution is 7.98. The van der Waals surface area contributed by atoms with Crippen LogP contribution in [0.1, 0.15) is 37.7 Å². The van der Waals surface area contributed by atoms with E-state index in [4.69, 9.17) is 0 Å². The van der Waals surface area contributed by atoms with E-state index in [0.29, 0.717) is 12.8 Å². The summed E-state index contributed by atoms with van der Waals surface area (Å²) in [5, 5.41) is 3.10. The van der Waals surface area contributed by atoms with Gasteiger partial charge in [0.2, 0.25) is 11.8 Å². The first-order valence-corrected chi connectivity index (χ1v) is 9.63. The van der Waals surface area contributed by atoms with Crippen molar-refractivity contribution in [2.75, 3.05) is 18.8 Å². The van der Waals surface area contributed by atoms with Crippen LogP contribution in [0.3, 0.4) is 0 Å². The first kappa shape index (κ1) is 17.3. The summed E-state index contributed by atoms with van der Waals surface area (Å²) in [5.74, 6) is 1.69. The van der Waals surface area contributed by atoms with Crippen LogP contribution >= 0.6 is 11.8 Å². The lowest BCUT2D eigenvalue weighted by Gasteiger charge is -2.39. The van der Waals surface area contributed by atoms with Crippen molar-refractivity contribution in [3.8, 4) is 0 Å². The van der Waals surface area contributed by atoms with Crippen LogP contribution in [0, 0.1) is 5.82 Å². The van der Waals surface area contributed by atoms with Gasteiger partial charge in [-0.3, -0.25) is 9.59 Å². The topological polar surface area (TPSA) is 49.4 Å². The van der Waals surface area contributed by atoms with Crippen LogP contribution in [-0.4, -0.2) is 41.1 Å². The van der Waals surface area contributed by atoms with Crippen molar-refractivity contribution in [3.05, 3.63) is 35.6 Å². The molecule has 2 aliphatic rings. The molecule has 1 aromatic rings. The number of piperidine rings is 1. The Morgan fingerprint density at radius 2 is 1.92 bits per heavy atom. The Morgan fingerprint density at radius 3 is 2.54 bits per heavy atom. The van der Waals surface area contributed by atoms with Gasteiger partial charge in [-0.05, 0) is 37.0 Å². The maximum atomic E-state index is 12.8. The molecule has 1 spiro atoms. The molecule has 2 aliphatic heterocycles. The zero-order chi connectivity index (χ0) is 17.0. The third-order valence-corrected chi connectivity index (χ3v) is 5.98. The molecule has 6 heteroatoms. The van der Waals surface area contributed by atoms with Crippen LogP contribution in [0.15, 0.2) is 24.3 Å². The number of amides is 2. The predicted molar refractivity (Wildman–Crippen MR) is 93.1 cm³/mol. The highest BCUT2D eigenvalue weighted by Gasteiger charge is 2.40. The number of nitrogens with one attached hydrogen (secondary N) is 1. The largest absolute Gasteiger partial charge is 0.351 e. The molecular weight excluding hydrogens is 327 g/mol. The lowest BCUT2D eigenvalue weighted by atomic mass is 9.86. The second-order valence-corrected chi connectivity index (χ2v) is 7.74. The molecule has 4 nitrogen and oxygen atoms in total. The first-order chi connectivity index (χ1) is 11.6. The maximum absolute atomic E-state index is 12.8. The molecule has 1 aromatic carbocycles. The smallest absolute Gasteiger partial charge is 0.223 e. The van der Waals surface area contributed by atoms with Crippen LogP contribution < -0.4 is 5.32 Å². The Balaban J connectivity index is 1.35. The third kappa shape index (κ3) is 4.29. The standard InChI is InChI=1S/C18H23FN2O2S/c19-15-3-1-14(2-4-15)13-24-12-6-17(23)21-10-8-18(9-11-21)7-5-16(22)20-18/h1-4H,5-13H2,(H,20,22). The number of thioether (sulfide) groups is 1. The molecule has 0 aromatic heterocycles. The van der Waals surface area contributed by atoms with Crippen molar-refractivity contribution in [2.45, 2.75) is 43.4 Å². The molecule has 0 aliphatic carbocycles. The normalized spacial score (nSPS) is 19.5. The number of hydrogen-bond donors (Lipinski definition) is 1. The predicted octanol–water partition coefficient (Wildman–Crippen LogP) is 2.72. The molecular formula is C18H23FN2O2S. The molecule has 1 N–H and O–H groups in total. The average molecular weight is 350 g/mol. The zero-order valence-corrected chi connectivity index (χ0v) is 14.5. The van der Waals surface area contributed by atoms with Gasteiger partial charge in [-0.25, -0.2) is 4.39 Å². The van der Waals surface area contributed by atoms with E-state index in [0.717, 1.165) is 49.4 Å². The van der Waals surface area contributed by atoms with Crippen LogP contribution in [-0.2, 0) is 15.3 Å². The molecule has 0 saturated carbocycles. The monoisotopic (exact) mass is 350 g/mol. The Morgan fingerprint density at radius 1 is 1.21 bits per heavy atom. The summed E-state index contributed by atoms with van der Waals surface area (Å²) in [4.78, 5) is 25.6. The summed E-state index contributed by atoms with van der Waals surface area (Å²) in [6.07, 6.45) is 3.79. The first-order valence-electron chi connectivity index (χ1n) is 8.47. The highest BCUT2D eigenvalue weighted by atomic mass is 32.2. The van der Waals surface area contributed by atoms with Gasteiger partial charge in [0.25, 0.3) is 0 Å². The van der Waals surface area contributed by atoms with E-state index in [9.17, 15) is 14.0 Å². The van der Waals surface area contributed by atoms with Gasteiger partial charge in [0.1, 0.15) is 5.82 Å². The molecule has 24 heavy (non-hydrogen) atoms. The van der Waals surface area contributed by atoms with Gasteiger partial charge in [-0.2, -0.15) is 11.8 Å². The number of carbonyl (C=O) groups is 2. The fraction of sp³-hybridized carbons (Fsp3) is 0.556. The van der Waals surface area contributed by atoms with E-state index < -0.39 is 0 Å². The molecule has 2 saturated heterocycles. The van der Waals surface area contributed by atoms with Crippen LogP contribution in [0.2, 0.25) is 0 Å². The van der Waals surface area contributed by atoms with Crippen molar-refractivity contribution in [1.29, 1.82) is 0 Å². The zero-order valence-electron chi connectivity index (χ0n) is 13.7. The molecule has 2 fully saturated rings.